The summed E-state index contributed by atoms with van der Waals surface area (Å²) in [7, 11) is 0. The summed E-state index contributed by atoms with van der Waals surface area (Å²) in [6.07, 6.45) is 1.71. The summed E-state index contributed by atoms with van der Waals surface area (Å²) in [6.45, 7) is 2.02. The van der Waals surface area contributed by atoms with E-state index in [1.165, 1.54) is 0 Å². The molecule has 0 saturated carbocycles. The number of hydrogen-bond donors (Lipinski definition) is 1. The summed E-state index contributed by atoms with van der Waals surface area (Å²) >= 11 is 0. The van der Waals surface area contributed by atoms with Gasteiger partial charge in [0, 0.05) is 19.3 Å². The van der Waals surface area contributed by atoms with Gasteiger partial charge in [-0.05, 0) is 12.1 Å². The molecule has 1 atom stereocenters. The van der Waals surface area contributed by atoms with Crippen molar-refractivity contribution < 1.29 is 14.6 Å². The Bertz CT molecular complexity index is 356. The van der Waals surface area contributed by atoms with E-state index < -0.39 is 12.0 Å². The van der Waals surface area contributed by atoms with Gasteiger partial charge in [-0.25, -0.2) is 0 Å². The molecule has 0 aliphatic carbocycles. The fourth-order valence-electron chi connectivity index (χ4n) is 1.75. The van der Waals surface area contributed by atoms with E-state index in [2.05, 4.69) is 4.98 Å². The van der Waals surface area contributed by atoms with Crippen LogP contribution in [0.25, 0.3) is 0 Å². The van der Waals surface area contributed by atoms with E-state index in [0.29, 0.717) is 19.7 Å². The second-order valence-electron chi connectivity index (χ2n) is 3.72. The molecule has 1 fully saturated rings. The van der Waals surface area contributed by atoms with Gasteiger partial charge in [-0.15, -0.1) is 0 Å². The van der Waals surface area contributed by atoms with Crippen molar-refractivity contribution in [2.24, 2.45) is 0 Å². The third-order valence-corrected chi connectivity index (χ3v) is 2.62. The van der Waals surface area contributed by atoms with Crippen LogP contribution in [-0.2, 0) is 16.1 Å². The van der Waals surface area contributed by atoms with Gasteiger partial charge in [0.1, 0.15) is 6.04 Å². The van der Waals surface area contributed by atoms with Gasteiger partial charge in [-0.2, -0.15) is 0 Å². The normalized spacial score (nSPS) is 21.9. The summed E-state index contributed by atoms with van der Waals surface area (Å²) in [5, 5.41) is 9.04. The Morgan fingerprint density at radius 1 is 1.62 bits per heavy atom. The number of carboxylic acids is 1. The van der Waals surface area contributed by atoms with Gasteiger partial charge in [0.05, 0.1) is 18.9 Å². The predicted molar refractivity (Wildman–Crippen MR) is 56.9 cm³/mol. The van der Waals surface area contributed by atoms with Gasteiger partial charge in [-0.1, -0.05) is 6.07 Å². The van der Waals surface area contributed by atoms with Crippen LogP contribution in [0.5, 0.6) is 0 Å². The molecule has 1 N–H and O–H groups in total. The predicted octanol–water partition coefficient (Wildman–Crippen LogP) is 0.367. The van der Waals surface area contributed by atoms with Crippen LogP contribution in [0.15, 0.2) is 24.4 Å². The zero-order valence-corrected chi connectivity index (χ0v) is 8.87. The topological polar surface area (TPSA) is 62.7 Å². The smallest absolute Gasteiger partial charge is 0.323 e. The molecule has 5 nitrogen and oxygen atoms in total. The molecule has 1 aromatic heterocycles. The Morgan fingerprint density at radius 2 is 2.50 bits per heavy atom. The fraction of sp³-hybridized carbons (Fsp3) is 0.455. The molecule has 2 heterocycles. The number of nitrogens with zero attached hydrogens (tertiary/aromatic N) is 2. The molecule has 86 valence electrons. The van der Waals surface area contributed by atoms with Crippen molar-refractivity contribution in [2.75, 3.05) is 19.8 Å². The van der Waals surface area contributed by atoms with E-state index in [9.17, 15) is 4.79 Å². The first kappa shape index (κ1) is 11.0. The van der Waals surface area contributed by atoms with Crippen LogP contribution in [0.4, 0.5) is 0 Å². The van der Waals surface area contributed by atoms with Crippen LogP contribution in [0, 0.1) is 0 Å². The van der Waals surface area contributed by atoms with Crippen molar-refractivity contribution in [3.05, 3.63) is 30.1 Å². The van der Waals surface area contributed by atoms with Crippen molar-refractivity contribution >= 4 is 5.97 Å². The molecule has 16 heavy (non-hydrogen) atoms. The van der Waals surface area contributed by atoms with E-state index >= 15 is 0 Å². The molecule has 1 aromatic rings. The molecule has 0 aromatic carbocycles. The highest BCUT2D eigenvalue weighted by Gasteiger charge is 2.29. The lowest BCUT2D eigenvalue weighted by Crippen LogP contribution is -2.49. The minimum atomic E-state index is -0.837. The van der Waals surface area contributed by atoms with E-state index in [0.717, 1.165) is 5.69 Å². The average Bonchev–Trinajstić information content (AvgIpc) is 2.31. The van der Waals surface area contributed by atoms with Crippen LogP contribution in [0.2, 0.25) is 0 Å². The Kier molecular flexibility index (Phi) is 3.48. The second kappa shape index (κ2) is 5.05. The second-order valence-corrected chi connectivity index (χ2v) is 3.72. The lowest BCUT2D eigenvalue weighted by Gasteiger charge is -2.32. The number of aliphatic carboxylic acids is 1. The van der Waals surface area contributed by atoms with Gasteiger partial charge in [0.25, 0.3) is 0 Å². The zero-order valence-electron chi connectivity index (χ0n) is 8.87. The summed E-state index contributed by atoms with van der Waals surface area (Å²) in [6, 6.07) is 5.08. The summed E-state index contributed by atoms with van der Waals surface area (Å²) in [5.41, 5.74) is 0.885. The first-order valence-electron chi connectivity index (χ1n) is 5.22. The number of carbonyl (C=O) groups is 1. The van der Waals surface area contributed by atoms with E-state index in [1.807, 2.05) is 23.1 Å². The third kappa shape index (κ3) is 2.56. The molecular weight excluding hydrogens is 208 g/mol. The van der Waals surface area contributed by atoms with Gasteiger partial charge >= 0.3 is 5.97 Å². The van der Waals surface area contributed by atoms with Crippen molar-refractivity contribution in [3.8, 4) is 0 Å². The van der Waals surface area contributed by atoms with E-state index in [-0.39, 0.29) is 6.61 Å². The highest BCUT2D eigenvalue weighted by atomic mass is 16.5. The van der Waals surface area contributed by atoms with Crippen LogP contribution < -0.4 is 0 Å². The number of morpholine rings is 1. The van der Waals surface area contributed by atoms with Gasteiger partial charge in [-0.3, -0.25) is 14.7 Å². The van der Waals surface area contributed by atoms with Crippen molar-refractivity contribution in [3.63, 3.8) is 0 Å². The maximum Gasteiger partial charge on any atom is 0.323 e. The number of carboxylic acid groups (broad SMARTS) is 1. The largest absolute Gasteiger partial charge is 0.480 e. The maximum absolute atomic E-state index is 11.0. The van der Waals surface area contributed by atoms with Crippen molar-refractivity contribution in [1.82, 2.24) is 9.88 Å². The lowest BCUT2D eigenvalue weighted by atomic mass is 10.2. The Balaban J connectivity index is 2.04. The molecule has 1 saturated heterocycles. The molecule has 1 unspecified atom stereocenters. The van der Waals surface area contributed by atoms with Gasteiger partial charge < -0.3 is 9.84 Å². The molecule has 2 rings (SSSR count). The molecule has 5 heteroatoms. The van der Waals surface area contributed by atoms with Crippen LogP contribution in [0.3, 0.4) is 0 Å². The number of rotatable bonds is 3. The highest BCUT2D eigenvalue weighted by molar-refractivity contribution is 5.73. The molecule has 1 aliphatic heterocycles. The summed E-state index contributed by atoms with van der Waals surface area (Å²) in [4.78, 5) is 17.1. The van der Waals surface area contributed by atoms with Crippen molar-refractivity contribution in [1.29, 1.82) is 0 Å². The molecule has 1 aliphatic rings. The van der Waals surface area contributed by atoms with Gasteiger partial charge in [0.2, 0.25) is 0 Å². The quantitative estimate of drug-likeness (QED) is 0.800. The minimum Gasteiger partial charge on any atom is -0.480 e. The van der Waals surface area contributed by atoms with E-state index in [1.54, 1.807) is 6.20 Å². The van der Waals surface area contributed by atoms with E-state index in [4.69, 9.17) is 9.84 Å². The molecule has 0 amide bonds. The number of pyridine rings is 1. The number of ether oxygens (including phenoxy) is 1. The Hall–Kier alpha value is -1.46. The molecule has 0 radical (unpaired) electrons. The first-order valence-corrected chi connectivity index (χ1v) is 5.22. The molecular formula is C11H14N2O3. The standard InChI is InChI=1S/C11H14N2O3/c14-11(15)10-8-16-6-5-13(10)7-9-3-1-2-4-12-9/h1-4,10H,5-8H2,(H,14,15). The lowest BCUT2D eigenvalue weighted by molar-refractivity contribution is -0.150. The minimum absolute atomic E-state index is 0.252. The monoisotopic (exact) mass is 222 g/mol. The van der Waals surface area contributed by atoms with Crippen molar-refractivity contribution in [2.45, 2.75) is 12.6 Å². The molecule has 0 bridgehead atoms. The highest BCUT2D eigenvalue weighted by Crippen LogP contribution is 2.11. The van der Waals surface area contributed by atoms with Gasteiger partial charge in [0.15, 0.2) is 0 Å². The number of hydrogen-bond acceptors (Lipinski definition) is 4. The Labute approximate surface area is 93.7 Å². The molecule has 0 spiro atoms. The average molecular weight is 222 g/mol. The zero-order chi connectivity index (χ0) is 11.4. The number of aromatic nitrogens is 1. The van der Waals surface area contributed by atoms with Crippen LogP contribution in [-0.4, -0.2) is 46.8 Å². The first-order chi connectivity index (χ1) is 7.77. The fourth-order valence-corrected chi connectivity index (χ4v) is 1.75. The third-order valence-electron chi connectivity index (χ3n) is 2.62. The summed E-state index contributed by atoms with van der Waals surface area (Å²) in [5.74, 6) is -0.837. The Morgan fingerprint density at radius 3 is 3.19 bits per heavy atom. The summed E-state index contributed by atoms with van der Waals surface area (Å²) < 4.78 is 5.17. The maximum atomic E-state index is 11.0. The van der Waals surface area contributed by atoms with Crippen LogP contribution in [0.1, 0.15) is 5.69 Å². The SMILES string of the molecule is O=C(O)C1COCCN1Cc1ccccn1. The van der Waals surface area contributed by atoms with Crippen LogP contribution >= 0.6 is 0 Å².